The minimum atomic E-state index is -0.358. The van der Waals surface area contributed by atoms with Crippen LogP contribution < -0.4 is 5.76 Å². The summed E-state index contributed by atoms with van der Waals surface area (Å²) in [6.07, 6.45) is 8.34. The zero-order valence-corrected chi connectivity index (χ0v) is 11.2. The van der Waals surface area contributed by atoms with E-state index in [9.17, 15) is 4.79 Å². The number of benzene rings is 1. The summed E-state index contributed by atoms with van der Waals surface area (Å²) in [7, 11) is 0. The van der Waals surface area contributed by atoms with Crippen molar-refractivity contribution in [1.82, 2.24) is 4.57 Å². The Bertz CT molecular complexity index is 664. The van der Waals surface area contributed by atoms with E-state index in [4.69, 9.17) is 16.0 Å². The van der Waals surface area contributed by atoms with Gasteiger partial charge in [-0.1, -0.05) is 17.7 Å². The molecule has 98 valence electrons. The zero-order valence-electron chi connectivity index (χ0n) is 10.4. The first-order valence-corrected chi connectivity index (χ1v) is 6.80. The highest BCUT2D eigenvalue weighted by atomic mass is 35.5. The van der Waals surface area contributed by atoms with E-state index in [0.29, 0.717) is 10.8 Å². The standard InChI is InChI=1S/C15H14ClNO2/c16-12-6-8-13(9-7-12)17-10-14(19-15(17)18)11-4-2-1-3-5-11/h4,6-10H,1-3,5H2. The number of allylic oxidation sites excluding steroid dienone is 2. The van der Waals surface area contributed by atoms with Crippen LogP contribution in [-0.4, -0.2) is 4.57 Å². The topological polar surface area (TPSA) is 35.1 Å². The Labute approximate surface area is 116 Å². The quantitative estimate of drug-likeness (QED) is 0.829. The lowest BCUT2D eigenvalue weighted by Gasteiger charge is -2.08. The second-order valence-corrected chi connectivity index (χ2v) is 5.12. The van der Waals surface area contributed by atoms with Crippen molar-refractivity contribution in [1.29, 1.82) is 0 Å². The lowest BCUT2D eigenvalue weighted by Crippen LogP contribution is -2.10. The van der Waals surface area contributed by atoms with Crippen molar-refractivity contribution in [2.75, 3.05) is 0 Å². The summed E-state index contributed by atoms with van der Waals surface area (Å²) >= 11 is 5.85. The van der Waals surface area contributed by atoms with Crippen LogP contribution in [0.5, 0.6) is 0 Å². The van der Waals surface area contributed by atoms with Gasteiger partial charge < -0.3 is 4.42 Å². The van der Waals surface area contributed by atoms with E-state index in [1.807, 2.05) is 0 Å². The van der Waals surface area contributed by atoms with E-state index in [0.717, 1.165) is 30.5 Å². The van der Waals surface area contributed by atoms with Gasteiger partial charge >= 0.3 is 5.76 Å². The molecule has 0 unspecified atom stereocenters. The highest BCUT2D eigenvalue weighted by Crippen LogP contribution is 2.26. The summed E-state index contributed by atoms with van der Waals surface area (Å²) in [4.78, 5) is 11.9. The fraction of sp³-hybridized carbons (Fsp3) is 0.267. The third-order valence-corrected chi connectivity index (χ3v) is 3.60. The summed E-state index contributed by atoms with van der Waals surface area (Å²) < 4.78 is 6.86. The molecule has 4 heteroatoms. The third kappa shape index (κ3) is 2.51. The molecule has 0 saturated carbocycles. The second-order valence-electron chi connectivity index (χ2n) is 4.68. The summed E-state index contributed by atoms with van der Waals surface area (Å²) in [5, 5.41) is 0.649. The Morgan fingerprint density at radius 3 is 2.63 bits per heavy atom. The van der Waals surface area contributed by atoms with Crippen LogP contribution in [0, 0.1) is 0 Å². The largest absolute Gasteiger partial charge is 0.424 e. The molecule has 3 nitrogen and oxygen atoms in total. The van der Waals surface area contributed by atoms with Gasteiger partial charge in [0.1, 0.15) is 0 Å². The van der Waals surface area contributed by atoms with E-state index in [1.54, 1.807) is 30.5 Å². The highest BCUT2D eigenvalue weighted by Gasteiger charge is 2.13. The lowest BCUT2D eigenvalue weighted by atomic mass is 9.98. The van der Waals surface area contributed by atoms with Gasteiger partial charge in [0.25, 0.3) is 0 Å². The van der Waals surface area contributed by atoms with Crippen molar-refractivity contribution in [2.24, 2.45) is 0 Å². The summed E-state index contributed by atoms with van der Waals surface area (Å²) in [6.45, 7) is 0. The first-order chi connectivity index (χ1) is 9.24. The molecule has 1 aromatic heterocycles. The van der Waals surface area contributed by atoms with Crippen LogP contribution in [0.3, 0.4) is 0 Å². The number of hydrogen-bond acceptors (Lipinski definition) is 2. The Morgan fingerprint density at radius 1 is 1.16 bits per heavy atom. The van der Waals surface area contributed by atoms with E-state index < -0.39 is 0 Å². The van der Waals surface area contributed by atoms with Gasteiger partial charge in [-0.25, -0.2) is 9.36 Å². The van der Waals surface area contributed by atoms with Crippen LogP contribution in [0.15, 0.2) is 45.8 Å². The molecule has 19 heavy (non-hydrogen) atoms. The molecular formula is C15H14ClNO2. The van der Waals surface area contributed by atoms with Crippen molar-refractivity contribution in [3.05, 3.63) is 57.9 Å². The van der Waals surface area contributed by atoms with E-state index >= 15 is 0 Å². The molecule has 1 aromatic carbocycles. The molecule has 0 atom stereocenters. The molecule has 0 radical (unpaired) electrons. The fourth-order valence-electron chi connectivity index (χ4n) is 2.33. The molecule has 0 amide bonds. The maximum Gasteiger partial charge on any atom is 0.424 e. The van der Waals surface area contributed by atoms with Crippen LogP contribution in [0.4, 0.5) is 0 Å². The van der Waals surface area contributed by atoms with Gasteiger partial charge in [-0.05, 0) is 55.5 Å². The molecule has 0 aliphatic heterocycles. The SMILES string of the molecule is O=c1oc(C2=CCCCC2)cn1-c1ccc(Cl)cc1. The number of rotatable bonds is 2. The van der Waals surface area contributed by atoms with E-state index in [-0.39, 0.29) is 5.76 Å². The first kappa shape index (κ1) is 12.3. The summed E-state index contributed by atoms with van der Waals surface area (Å²) in [6, 6.07) is 7.13. The van der Waals surface area contributed by atoms with Gasteiger partial charge in [-0.15, -0.1) is 0 Å². The monoisotopic (exact) mass is 275 g/mol. The molecule has 1 heterocycles. The number of nitrogens with zero attached hydrogens (tertiary/aromatic N) is 1. The fourth-order valence-corrected chi connectivity index (χ4v) is 2.46. The Hall–Kier alpha value is -1.74. The van der Waals surface area contributed by atoms with Crippen molar-refractivity contribution in [3.63, 3.8) is 0 Å². The number of oxazole rings is 1. The predicted octanol–water partition coefficient (Wildman–Crippen LogP) is 4.04. The van der Waals surface area contributed by atoms with Crippen molar-refractivity contribution in [2.45, 2.75) is 25.7 Å². The van der Waals surface area contributed by atoms with Crippen LogP contribution in [0.25, 0.3) is 11.3 Å². The van der Waals surface area contributed by atoms with Gasteiger partial charge in [-0.2, -0.15) is 0 Å². The molecule has 0 fully saturated rings. The first-order valence-electron chi connectivity index (χ1n) is 6.42. The van der Waals surface area contributed by atoms with E-state index in [1.165, 1.54) is 11.0 Å². The van der Waals surface area contributed by atoms with Gasteiger partial charge in [0.05, 0.1) is 11.9 Å². The van der Waals surface area contributed by atoms with E-state index in [2.05, 4.69) is 6.08 Å². The molecule has 1 aliphatic rings. The molecule has 2 aromatic rings. The normalized spacial score (nSPS) is 15.3. The zero-order chi connectivity index (χ0) is 13.2. The lowest BCUT2D eigenvalue weighted by molar-refractivity contribution is 0.489. The molecule has 1 aliphatic carbocycles. The Morgan fingerprint density at radius 2 is 1.95 bits per heavy atom. The van der Waals surface area contributed by atoms with Gasteiger partial charge in [0, 0.05) is 5.02 Å². The van der Waals surface area contributed by atoms with Crippen molar-refractivity contribution in [3.8, 4) is 5.69 Å². The van der Waals surface area contributed by atoms with Gasteiger partial charge in [-0.3, -0.25) is 0 Å². The smallest absolute Gasteiger partial charge is 0.408 e. The van der Waals surface area contributed by atoms with Gasteiger partial charge in [0.15, 0.2) is 5.76 Å². The minimum Gasteiger partial charge on any atom is -0.408 e. The average molecular weight is 276 g/mol. The molecular weight excluding hydrogens is 262 g/mol. The molecule has 0 N–H and O–H groups in total. The van der Waals surface area contributed by atoms with Crippen LogP contribution in [-0.2, 0) is 0 Å². The van der Waals surface area contributed by atoms with Gasteiger partial charge in [0.2, 0.25) is 0 Å². The Kier molecular flexibility index (Phi) is 3.30. The summed E-state index contributed by atoms with van der Waals surface area (Å²) in [5.74, 6) is 0.323. The van der Waals surface area contributed by atoms with Crippen LogP contribution in [0.1, 0.15) is 31.4 Å². The second kappa shape index (κ2) is 5.10. The number of aromatic nitrogens is 1. The Balaban J connectivity index is 1.99. The molecule has 0 saturated heterocycles. The predicted molar refractivity (Wildman–Crippen MR) is 75.8 cm³/mol. The summed E-state index contributed by atoms with van der Waals surface area (Å²) in [5.41, 5.74) is 1.90. The van der Waals surface area contributed by atoms with Crippen LogP contribution >= 0.6 is 11.6 Å². The molecule has 0 spiro atoms. The molecule has 3 rings (SSSR count). The third-order valence-electron chi connectivity index (χ3n) is 3.35. The number of halogens is 1. The van der Waals surface area contributed by atoms with Crippen molar-refractivity contribution < 1.29 is 4.42 Å². The maximum atomic E-state index is 11.9. The maximum absolute atomic E-state index is 11.9. The molecule has 0 bridgehead atoms. The average Bonchev–Trinajstić information content (AvgIpc) is 2.83. The van der Waals surface area contributed by atoms with Crippen molar-refractivity contribution >= 4 is 17.2 Å². The minimum absolute atomic E-state index is 0.358. The number of hydrogen-bond donors (Lipinski definition) is 0. The highest BCUT2D eigenvalue weighted by molar-refractivity contribution is 6.30. The van der Waals surface area contributed by atoms with Crippen LogP contribution in [0.2, 0.25) is 5.02 Å².